The van der Waals surface area contributed by atoms with E-state index < -0.39 is 24.7 Å². The zero-order chi connectivity index (χ0) is 18.0. The van der Waals surface area contributed by atoms with Crippen LogP contribution in [0.1, 0.15) is 10.4 Å². The number of halogens is 3. The normalized spacial score (nSPS) is 18.2. The first kappa shape index (κ1) is 17.3. The summed E-state index contributed by atoms with van der Waals surface area (Å²) in [7, 11) is 1.51. The Hall–Kier alpha value is -2.55. The van der Waals surface area contributed by atoms with Gasteiger partial charge in [-0.1, -0.05) is 12.1 Å². The van der Waals surface area contributed by atoms with Crippen LogP contribution < -0.4 is 4.74 Å². The summed E-state index contributed by atoms with van der Waals surface area (Å²) in [5.74, 6) is 0.0480. The second-order valence-corrected chi connectivity index (χ2v) is 5.50. The van der Waals surface area contributed by atoms with Crippen LogP contribution in [0.4, 0.5) is 13.2 Å². The molecule has 0 spiro atoms. The lowest BCUT2D eigenvalue weighted by Crippen LogP contribution is -2.51. The molecule has 1 amide bonds. The van der Waals surface area contributed by atoms with Gasteiger partial charge in [0.1, 0.15) is 11.4 Å². The fourth-order valence-corrected chi connectivity index (χ4v) is 2.60. The molecule has 1 fully saturated rings. The van der Waals surface area contributed by atoms with Crippen molar-refractivity contribution in [2.24, 2.45) is 0 Å². The summed E-state index contributed by atoms with van der Waals surface area (Å²) >= 11 is 0. The molecule has 2 heterocycles. The molecule has 0 radical (unpaired) electrons. The monoisotopic (exact) mass is 355 g/mol. The molecule has 0 aliphatic carbocycles. The molecule has 0 N–H and O–H groups in total. The van der Waals surface area contributed by atoms with Crippen molar-refractivity contribution in [3.05, 3.63) is 42.2 Å². The van der Waals surface area contributed by atoms with Gasteiger partial charge in [0.15, 0.2) is 6.10 Å². The first-order valence-electron chi connectivity index (χ1n) is 7.56. The molecule has 134 valence electrons. The minimum Gasteiger partial charge on any atom is -0.494 e. The summed E-state index contributed by atoms with van der Waals surface area (Å²) in [6.07, 6.45) is -3.67. The molecule has 1 saturated heterocycles. The van der Waals surface area contributed by atoms with Crippen molar-refractivity contribution in [1.82, 2.24) is 14.7 Å². The van der Waals surface area contributed by atoms with Crippen molar-refractivity contribution in [1.29, 1.82) is 0 Å². The summed E-state index contributed by atoms with van der Waals surface area (Å²) in [6.45, 7) is -0.579. The van der Waals surface area contributed by atoms with E-state index in [0.717, 1.165) is 4.90 Å². The van der Waals surface area contributed by atoms with Crippen molar-refractivity contribution >= 4 is 5.91 Å². The molecule has 0 bridgehead atoms. The lowest BCUT2D eigenvalue weighted by Gasteiger charge is -2.33. The molecule has 9 heteroatoms. The number of carbonyl (C=O) groups is 1. The highest BCUT2D eigenvalue weighted by molar-refractivity contribution is 5.94. The number of alkyl halides is 3. The number of rotatable bonds is 3. The summed E-state index contributed by atoms with van der Waals surface area (Å²) in [5, 5.41) is 4.11. The van der Waals surface area contributed by atoms with Gasteiger partial charge in [-0.3, -0.25) is 4.79 Å². The van der Waals surface area contributed by atoms with Crippen LogP contribution in [0.3, 0.4) is 0 Å². The van der Waals surface area contributed by atoms with Crippen molar-refractivity contribution < 1.29 is 27.4 Å². The maximum atomic E-state index is 12.8. The number of nitrogens with zero attached hydrogens (tertiary/aromatic N) is 3. The summed E-state index contributed by atoms with van der Waals surface area (Å²) in [4.78, 5) is 13.6. The van der Waals surface area contributed by atoms with Gasteiger partial charge in [0, 0.05) is 12.7 Å². The summed E-state index contributed by atoms with van der Waals surface area (Å²) < 4.78 is 49.8. The summed E-state index contributed by atoms with van der Waals surface area (Å²) in [6, 6.07) is 7.09. The van der Waals surface area contributed by atoms with E-state index in [9.17, 15) is 18.0 Å². The van der Waals surface area contributed by atoms with Gasteiger partial charge in [0.2, 0.25) is 0 Å². The van der Waals surface area contributed by atoms with E-state index in [1.807, 2.05) is 0 Å². The van der Waals surface area contributed by atoms with Gasteiger partial charge in [-0.05, 0) is 12.1 Å². The van der Waals surface area contributed by atoms with Crippen LogP contribution in [-0.2, 0) is 4.74 Å². The molecule has 1 aromatic heterocycles. The zero-order valence-electron chi connectivity index (χ0n) is 13.4. The number of hydrogen-bond acceptors (Lipinski definition) is 4. The molecule has 1 aliphatic rings. The highest BCUT2D eigenvalue weighted by Gasteiger charge is 2.44. The number of amides is 1. The van der Waals surface area contributed by atoms with Gasteiger partial charge in [-0.25, -0.2) is 4.68 Å². The zero-order valence-corrected chi connectivity index (χ0v) is 13.4. The smallest absolute Gasteiger partial charge is 0.416 e. The number of para-hydroxylation sites is 2. The molecule has 3 rings (SSSR count). The van der Waals surface area contributed by atoms with Crippen LogP contribution in [0.15, 0.2) is 36.7 Å². The molecule has 1 atom stereocenters. The third-order valence-corrected chi connectivity index (χ3v) is 3.88. The molecule has 0 saturated carbocycles. The molecular weight excluding hydrogens is 339 g/mol. The van der Waals surface area contributed by atoms with Crippen LogP contribution in [0.25, 0.3) is 5.69 Å². The van der Waals surface area contributed by atoms with Crippen molar-refractivity contribution in [3.63, 3.8) is 0 Å². The first-order valence-corrected chi connectivity index (χ1v) is 7.56. The van der Waals surface area contributed by atoms with Crippen LogP contribution in [0.2, 0.25) is 0 Å². The van der Waals surface area contributed by atoms with Gasteiger partial charge in [0.05, 0.1) is 32.0 Å². The van der Waals surface area contributed by atoms with Crippen molar-refractivity contribution in [2.45, 2.75) is 12.3 Å². The second-order valence-electron chi connectivity index (χ2n) is 5.50. The molecular formula is C16H16F3N3O3. The Labute approximate surface area is 141 Å². The third-order valence-electron chi connectivity index (χ3n) is 3.88. The van der Waals surface area contributed by atoms with Gasteiger partial charge < -0.3 is 14.4 Å². The topological polar surface area (TPSA) is 56.6 Å². The second kappa shape index (κ2) is 6.75. The number of aromatic nitrogens is 2. The average molecular weight is 355 g/mol. The Bertz CT molecular complexity index is 760. The van der Waals surface area contributed by atoms with E-state index in [-0.39, 0.29) is 18.7 Å². The predicted octanol–water partition coefficient (Wildman–Crippen LogP) is 2.28. The fourth-order valence-electron chi connectivity index (χ4n) is 2.60. The Morgan fingerprint density at radius 2 is 2.12 bits per heavy atom. The number of carbonyl (C=O) groups excluding carboxylic acids is 1. The van der Waals surface area contributed by atoms with Crippen LogP contribution in [0.5, 0.6) is 5.75 Å². The van der Waals surface area contributed by atoms with Gasteiger partial charge in [0.25, 0.3) is 5.91 Å². The lowest BCUT2D eigenvalue weighted by molar-refractivity contribution is -0.233. The standard InChI is InChI=1S/C16H16F3N3O3/c1-24-13-5-3-2-4-12(13)22-9-11(8-20-22)15(23)21-6-7-25-14(10-21)16(17,18)19/h2-5,8-9,14H,6-7,10H2,1H3/t14-/m0/s1. The molecule has 1 aromatic carbocycles. The Kier molecular flexibility index (Phi) is 4.67. The Morgan fingerprint density at radius 1 is 1.36 bits per heavy atom. The van der Waals surface area contributed by atoms with Crippen molar-refractivity contribution in [2.75, 3.05) is 26.8 Å². The highest BCUT2D eigenvalue weighted by atomic mass is 19.4. The minimum absolute atomic E-state index is 0.102. The largest absolute Gasteiger partial charge is 0.494 e. The molecule has 2 aromatic rings. The van der Waals surface area contributed by atoms with E-state index in [4.69, 9.17) is 9.47 Å². The summed E-state index contributed by atoms with van der Waals surface area (Å²) in [5.41, 5.74) is 0.827. The number of methoxy groups -OCH3 is 1. The van der Waals surface area contributed by atoms with E-state index >= 15 is 0 Å². The SMILES string of the molecule is COc1ccccc1-n1cc(C(=O)N2CCO[C@H](C(F)(F)F)C2)cn1. The molecule has 0 unspecified atom stereocenters. The first-order chi connectivity index (χ1) is 11.9. The Balaban J connectivity index is 1.79. The molecule has 6 nitrogen and oxygen atoms in total. The van der Waals surface area contributed by atoms with E-state index in [2.05, 4.69) is 5.10 Å². The number of morpholine rings is 1. The van der Waals surface area contributed by atoms with Gasteiger partial charge in [-0.2, -0.15) is 18.3 Å². The average Bonchev–Trinajstić information content (AvgIpc) is 3.10. The maximum absolute atomic E-state index is 12.8. The van der Waals surface area contributed by atoms with E-state index in [1.165, 1.54) is 24.2 Å². The number of benzene rings is 1. The van der Waals surface area contributed by atoms with Crippen LogP contribution in [-0.4, -0.2) is 59.7 Å². The predicted molar refractivity (Wildman–Crippen MR) is 81.8 cm³/mol. The number of hydrogen-bond donors (Lipinski definition) is 0. The quantitative estimate of drug-likeness (QED) is 0.848. The molecule has 1 aliphatic heterocycles. The number of ether oxygens (including phenoxy) is 2. The third kappa shape index (κ3) is 3.60. The Morgan fingerprint density at radius 3 is 2.84 bits per heavy atom. The fraction of sp³-hybridized carbons (Fsp3) is 0.375. The highest BCUT2D eigenvalue weighted by Crippen LogP contribution is 2.27. The maximum Gasteiger partial charge on any atom is 0.416 e. The lowest BCUT2D eigenvalue weighted by atomic mass is 10.2. The van der Waals surface area contributed by atoms with Gasteiger partial charge in [-0.15, -0.1) is 0 Å². The van der Waals surface area contributed by atoms with E-state index in [1.54, 1.807) is 24.3 Å². The van der Waals surface area contributed by atoms with Gasteiger partial charge >= 0.3 is 6.18 Å². The van der Waals surface area contributed by atoms with E-state index in [0.29, 0.717) is 11.4 Å². The molecule has 25 heavy (non-hydrogen) atoms. The van der Waals surface area contributed by atoms with Crippen LogP contribution in [0, 0.1) is 0 Å². The van der Waals surface area contributed by atoms with Crippen molar-refractivity contribution in [3.8, 4) is 11.4 Å². The minimum atomic E-state index is -4.50. The van der Waals surface area contributed by atoms with Crippen LogP contribution >= 0.6 is 0 Å².